The van der Waals surface area contributed by atoms with Crippen LogP contribution in [-0.4, -0.2) is 49.2 Å². The largest absolute Gasteiger partial charge is 0.381 e. The molecule has 1 aromatic rings. The number of nitrogens with one attached hydrogen (secondary N) is 2. The Bertz CT molecular complexity index is 684. The second kappa shape index (κ2) is 7.08. The van der Waals surface area contributed by atoms with Crippen LogP contribution in [0.2, 0.25) is 5.02 Å². The van der Waals surface area contributed by atoms with Crippen molar-refractivity contribution in [3.63, 3.8) is 0 Å². The Kier molecular flexibility index (Phi) is 4.80. The van der Waals surface area contributed by atoms with Crippen molar-refractivity contribution in [2.24, 2.45) is 11.3 Å². The highest BCUT2D eigenvalue weighted by molar-refractivity contribution is 6.30. The molecule has 26 heavy (non-hydrogen) atoms. The van der Waals surface area contributed by atoms with Crippen LogP contribution in [0, 0.1) is 11.3 Å². The number of anilines is 1. The second-order valence-corrected chi connectivity index (χ2v) is 8.06. The van der Waals surface area contributed by atoms with E-state index in [0.29, 0.717) is 43.1 Å². The van der Waals surface area contributed by atoms with Crippen LogP contribution in [0.1, 0.15) is 25.7 Å². The Hall–Kier alpha value is -1.79. The molecule has 1 aliphatic carbocycles. The lowest BCUT2D eigenvalue weighted by molar-refractivity contribution is -0.130. The molecule has 0 unspecified atom stereocenters. The summed E-state index contributed by atoms with van der Waals surface area (Å²) in [5.74, 6) is -0.0702. The van der Waals surface area contributed by atoms with Gasteiger partial charge >= 0.3 is 6.03 Å². The van der Waals surface area contributed by atoms with Crippen LogP contribution in [-0.2, 0) is 9.53 Å². The molecule has 2 heterocycles. The first-order chi connectivity index (χ1) is 12.6. The SMILES string of the molecule is O=C(NC1CC1)[C@@H]1CN(C(=O)Nc2ccc(Cl)cc2)CC12CCOCC2. The first-order valence-electron chi connectivity index (χ1n) is 9.25. The Morgan fingerprint density at radius 2 is 1.85 bits per heavy atom. The third-order valence-corrected chi connectivity index (χ3v) is 6.01. The van der Waals surface area contributed by atoms with Gasteiger partial charge in [0.1, 0.15) is 0 Å². The van der Waals surface area contributed by atoms with Gasteiger partial charge in [-0.05, 0) is 49.9 Å². The van der Waals surface area contributed by atoms with E-state index in [2.05, 4.69) is 10.6 Å². The van der Waals surface area contributed by atoms with Crippen molar-refractivity contribution in [1.29, 1.82) is 0 Å². The van der Waals surface area contributed by atoms with Crippen molar-refractivity contribution >= 4 is 29.2 Å². The number of carbonyl (C=O) groups is 2. The summed E-state index contributed by atoms with van der Waals surface area (Å²) >= 11 is 5.89. The van der Waals surface area contributed by atoms with E-state index in [9.17, 15) is 9.59 Å². The Morgan fingerprint density at radius 3 is 2.50 bits per heavy atom. The standard InChI is InChI=1S/C19H24ClN3O3/c20-13-1-3-15(4-2-13)22-18(25)23-11-16(17(24)21-14-5-6-14)19(12-23)7-9-26-10-8-19/h1-4,14,16H,5-12H2,(H,21,24)(H,22,25)/t16-/m0/s1. The fourth-order valence-electron chi connectivity index (χ4n) is 4.03. The topological polar surface area (TPSA) is 70.7 Å². The monoisotopic (exact) mass is 377 g/mol. The Morgan fingerprint density at radius 1 is 1.15 bits per heavy atom. The molecule has 140 valence electrons. The van der Waals surface area contributed by atoms with E-state index in [1.54, 1.807) is 29.2 Å². The number of halogens is 1. The fourth-order valence-corrected chi connectivity index (χ4v) is 4.16. The van der Waals surface area contributed by atoms with E-state index >= 15 is 0 Å². The van der Waals surface area contributed by atoms with Gasteiger partial charge in [-0.15, -0.1) is 0 Å². The third kappa shape index (κ3) is 3.67. The van der Waals surface area contributed by atoms with Gasteiger partial charge in [-0.3, -0.25) is 4.79 Å². The molecule has 0 radical (unpaired) electrons. The third-order valence-electron chi connectivity index (χ3n) is 5.76. The molecule has 2 N–H and O–H groups in total. The summed E-state index contributed by atoms with van der Waals surface area (Å²) in [5, 5.41) is 6.67. The number of hydrogen-bond acceptors (Lipinski definition) is 3. The number of ether oxygens (including phenoxy) is 1. The zero-order valence-corrected chi connectivity index (χ0v) is 15.4. The van der Waals surface area contributed by atoms with Crippen molar-refractivity contribution in [3.8, 4) is 0 Å². The molecule has 2 saturated heterocycles. The second-order valence-electron chi connectivity index (χ2n) is 7.63. The summed E-state index contributed by atoms with van der Waals surface area (Å²) in [6.07, 6.45) is 3.77. The van der Waals surface area contributed by atoms with Gasteiger partial charge in [0, 0.05) is 48.5 Å². The van der Waals surface area contributed by atoms with Gasteiger partial charge < -0.3 is 20.3 Å². The predicted molar refractivity (Wildman–Crippen MR) is 99.2 cm³/mol. The minimum absolute atomic E-state index is 0.0937. The summed E-state index contributed by atoms with van der Waals surface area (Å²) in [5.41, 5.74) is 0.528. The highest BCUT2D eigenvalue weighted by Gasteiger charge is 2.52. The van der Waals surface area contributed by atoms with Crippen molar-refractivity contribution in [2.75, 3.05) is 31.6 Å². The first-order valence-corrected chi connectivity index (χ1v) is 9.63. The number of carbonyl (C=O) groups excluding carboxylic acids is 2. The quantitative estimate of drug-likeness (QED) is 0.850. The van der Waals surface area contributed by atoms with Gasteiger partial charge in [0.15, 0.2) is 0 Å². The van der Waals surface area contributed by atoms with Crippen LogP contribution < -0.4 is 10.6 Å². The molecular weight excluding hydrogens is 354 g/mol. The lowest BCUT2D eigenvalue weighted by Crippen LogP contribution is -2.45. The molecule has 0 aromatic heterocycles. The Balaban J connectivity index is 1.47. The fraction of sp³-hybridized carbons (Fsp3) is 0.579. The van der Waals surface area contributed by atoms with E-state index in [1.165, 1.54) is 0 Å². The molecule has 7 heteroatoms. The number of rotatable bonds is 3. The maximum atomic E-state index is 12.8. The molecule has 1 saturated carbocycles. The van der Waals surface area contributed by atoms with E-state index in [0.717, 1.165) is 25.7 Å². The minimum atomic E-state index is -0.172. The molecule has 1 spiro atoms. The summed E-state index contributed by atoms with van der Waals surface area (Å²) < 4.78 is 5.52. The van der Waals surface area contributed by atoms with Crippen LogP contribution in [0.15, 0.2) is 24.3 Å². The number of benzene rings is 1. The minimum Gasteiger partial charge on any atom is -0.381 e. The van der Waals surface area contributed by atoms with Gasteiger partial charge in [-0.25, -0.2) is 4.79 Å². The van der Waals surface area contributed by atoms with Gasteiger partial charge in [0.05, 0.1) is 5.92 Å². The van der Waals surface area contributed by atoms with E-state index < -0.39 is 0 Å². The number of nitrogens with zero attached hydrogens (tertiary/aromatic N) is 1. The van der Waals surface area contributed by atoms with Crippen molar-refractivity contribution in [1.82, 2.24) is 10.2 Å². The molecule has 3 fully saturated rings. The highest BCUT2D eigenvalue weighted by Crippen LogP contribution is 2.44. The van der Waals surface area contributed by atoms with Crippen LogP contribution in [0.25, 0.3) is 0 Å². The molecule has 0 bridgehead atoms. The normalized spacial score (nSPS) is 24.5. The molecule has 1 aromatic carbocycles. The zero-order valence-electron chi connectivity index (χ0n) is 14.7. The lowest BCUT2D eigenvalue weighted by atomic mass is 9.71. The summed E-state index contributed by atoms with van der Waals surface area (Å²) in [6, 6.07) is 7.20. The van der Waals surface area contributed by atoms with Crippen LogP contribution in [0.3, 0.4) is 0 Å². The van der Waals surface area contributed by atoms with Gasteiger partial charge in [-0.2, -0.15) is 0 Å². The lowest BCUT2D eigenvalue weighted by Gasteiger charge is -2.37. The van der Waals surface area contributed by atoms with Gasteiger partial charge in [-0.1, -0.05) is 11.6 Å². The van der Waals surface area contributed by atoms with Crippen molar-refractivity contribution in [2.45, 2.75) is 31.7 Å². The molecule has 1 atom stereocenters. The number of likely N-dealkylation sites (tertiary alicyclic amines) is 1. The van der Waals surface area contributed by atoms with E-state index in [1.807, 2.05) is 0 Å². The smallest absolute Gasteiger partial charge is 0.321 e. The first kappa shape index (κ1) is 17.6. The molecule has 4 rings (SSSR count). The van der Waals surface area contributed by atoms with Gasteiger partial charge in [0.25, 0.3) is 0 Å². The predicted octanol–water partition coefficient (Wildman–Crippen LogP) is 2.88. The molecule has 2 aliphatic heterocycles. The molecule has 3 aliphatic rings. The Labute approximate surface area is 158 Å². The molecular formula is C19H24ClN3O3. The summed E-state index contributed by atoms with van der Waals surface area (Å²) in [7, 11) is 0. The molecule has 3 amide bonds. The number of hydrogen-bond donors (Lipinski definition) is 2. The van der Waals surface area contributed by atoms with Crippen molar-refractivity contribution in [3.05, 3.63) is 29.3 Å². The number of amides is 3. The summed E-state index contributed by atoms with van der Waals surface area (Å²) in [4.78, 5) is 27.3. The maximum absolute atomic E-state index is 12.8. The average molecular weight is 378 g/mol. The summed E-state index contributed by atoms with van der Waals surface area (Å²) in [6.45, 7) is 2.36. The van der Waals surface area contributed by atoms with Gasteiger partial charge in [0.2, 0.25) is 5.91 Å². The van der Waals surface area contributed by atoms with Crippen LogP contribution >= 0.6 is 11.6 Å². The van der Waals surface area contributed by atoms with Crippen LogP contribution in [0.5, 0.6) is 0 Å². The van der Waals surface area contributed by atoms with Crippen molar-refractivity contribution < 1.29 is 14.3 Å². The van der Waals surface area contributed by atoms with E-state index in [4.69, 9.17) is 16.3 Å². The number of urea groups is 1. The molecule has 6 nitrogen and oxygen atoms in total. The highest BCUT2D eigenvalue weighted by atomic mass is 35.5. The van der Waals surface area contributed by atoms with Crippen LogP contribution in [0.4, 0.5) is 10.5 Å². The average Bonchev–Trinajstić information content (AvgIpc) is 3.37. The maximum Gasteiger partial charge on any atom is 0.321 e. The zero-order chi connectivity index (χ0) is 18.1. The van der Waals surface area contributed by atoms with E-state index in [-0.39, 0.29) is 23.3 Å².